The number of fused-ring (bicyclic) bond motifs is 7. The Morgan fingerprint density at radius 2 is 1.40 bits per heavy atom. The fourth-order valence-corrected chi connectivity index (χ4v) is 7.45. The average Bonchev–Trinajstić information content (AvgIpc) is 3.86. The number of hydrogen-bond acceptors (Lipinski definition) is 4. The Hall–Kier alpha value is -6.98. The number of aromatic nitrogens is 3. The van der Waals surface area contributed by atoms with Crippen LogP contribution in [0.1, 0.15) is 18.2 Å². The van der Waals surface area contributed by atoms with E-state index in [2.05, 4.69) is 78.9 Å². The summed E-state index contributed by atoms with van der Waals surface area (Å²) in [4.78, 5) is 10.4. The second-order valence-corrected chi connectivity index (χ2v) is 12.6. The van der Waals surface area contributed by atoms with Crippen molar-refractivity contribution >= 4 is 72.8 Å². The van der Waals surface area contributed by atoms with Gasteiger partial charge in [-0.25, -0.2) is 4.98 Å². The van der Waals surface area contributed by atoms with Gasteiger partial charge in [-0.2, -0.15) is 4.98 Å². The van der Waals surface area contributed by atoms with E-state index < -0.39 is 0 Å². The second kappa shape index (κ2) is 12.4. The van der Waals surface area contributed by atoms with Crippen molar-refractivity contribution in [3.8, 4) is 33.8 Å². The van der Waals surface area contributed by atoms with Crippen LogP contribution in [0.25, 0.3) is 107 Å². The minimum Gasteiger partial charge on any atom is -0.456 e. The highest BCUT2D eigenvalue weighted by molar-refractivity contribution is 6.14. The van der Waals surface area contributed by atoms with Gasteiger partial charge in [-0.15, -0.1) is 0 Å². The molecule has 0 aliphatic heterocycles. The molecule has 4 heterocycles. The van der Waals surface area contributed by atoms with Gasteiger partial charge in [-0.05, 0) is 72.7 Å². The first kappa shape index (κ1) is 31.0. The van der Waals surface area contributed by atoms with E-state index in [0.717, 1.165) is 94.1 Å². The first-order valence-corrected chi connectivity index (χ1v) is 17.2. The molecule has 0 saturated carbocycles. The van der Waals surface area contributed by atoms with Crippen LogP contribution in [-0.2, 0) is 0 Å². The van der Waals surface area contributed by atoms with Gasteiger partial charge in [0.2, 0.25) is 5.71 Å². The Kier molecular flexibility index (Phi) is 7.41. The van der Waals surface area contributed by atoms with Crippen LogP contribution in [-0.4, -0.2) is 14.5 Å². The van der Waals surface area contributed by atoms with Crippen LogP contribution in [0.3, 0.4) is 0 Å². The molecular formula is C47H33N3O2. The van der Waals surface area contributed by atoms with E-state index in [-0.39, 0.29) is 0 Å². The molecule has 0 aliphatic carbocycles. The molecule has 0 saturated heterocycles. The summed E-state index contributed by atoms with van der Waals surface area (Å²) in [5.74, 6) is 0.579. The molecule has 5 aromatic carbocycles. The molecule has 5 nitrogen and oxygen atoms in total. The van der Waals surface area contributed by atoms with Crippen LogP contribution in [0.15, 0.2) is 162 Å². The van der Waals surface area contributed by atoms with Crippen LogP contribution < -0.4 is 0 Å². The predicted molar refractivity (Wildman–Crippen MR) is 218 cm³/mol. The third-order valence-corrected chi connectivity index (χ3v) is 9.68. The van der Waals surface area contributed by atoms with Crippen LogP contribution in [0.5, 0.6) is 0 Å². The molecule has 5 heteroatoms. The number of rotatable bonds is 8. The third kappa shape index (κ3) is 4.78. The zero-order chi connectivity index (χ0) is 35.3. The molecule has 0 unspecified atom stereocenters. The number of nitrogens with zero attached hydrogens (tertiary/aromatic N) is 3. The summed E-state index contributed by atoms with van der Waals surface area (Å²) < 4.78 is 14.9. The molecular weight excluding hydrogens is 639 g/mol. The summed E-state index contributed by atoms with van der Waals surface area (Å²) in [5.41, 5.74) is 11.7. The van der Waals surface area contributed by atoms with E-state index in [9.17, 15) is 0 Å². The first-order chi connectivity index (χ1) is 25.6. The highest BCUT2D eigenvalue weighted by Crippen LogP contribution is 2.41. The minimum atomic E-state index is 0.531. The Morgan fingerprint density at radius 1 is 0.654 bits per heavy atom. The maximum absolute atomic E-state index is 6.54. The number of para-hydroxylation sites is 1. The maximum atomic E-state index is 6.54. The highest BCUT2D eigenvalue weighted by atomic mass is 16.3. The number of benzene rings is 5. The topological polar surface area (TPSA) is 57.0 Å². The van der Waals surface area contributed by atoms with Crippen molar-refractivity contribution in [1.29, 1.82) is 0 Å². The van der Waals surface area contributed by atoms with Crippen molar-refractivity contribution in [2.45, 2.75) is 6.92 Å². The largest absolute Gasteiger partial charge is 0.456 e. The van der Waals surface area contributed by atoms with Gasteiger partial charge in [0.25, 0.3) is 0 Å². The van der Waals surface area contributed by atoms with Crippen molar-refractivity contribution in [3.05, 3.63) is 164 Å². The van der Waals surface area contributed by atoms with Crippen molar-refractivity contribution in [2.75, 3.05) is 0 Å². The summed E-state index contributed by atoms with van der Waals surface area (Å²) in [5, 5.41) is 4.90. The summed E-state index contributed by atoms with van der Waals surface area (Å²) in [6.07, 6.45) is 11.7. The Labute approximate surface area is 300 Å². The van der Waals surface area contributed by atoms with E-state index >= 15 is 0 Å². The van der Waals surface area contributed by atoms with Crippen LogP contribution >= 0.6 is 0 Å². The zero-order valence-electron chi connectivity index (χ0n) is 28.6. The van der Waals surface area contributed by atoms with Gasteiger partial charge in [0, 0.05) is 43.9 Å². The molecule has 4 aromatic heterocycles. The quantitative estimate of drug-likeness (QED) is 0.151. The molecule has 9 aromatic rings. The molecule has 0 bridgehead atoms. The second-order valence-electron chi connectivity index (χ2n) is 12.6. The fraction of sp³-hybridized carbons (Fsp3) is 0.0213. The molecule has 9 rings (SSSR count). The lowest BCUT2D eigenvalue weighted by atomic mass is 9.99. The van der Waals surface area contributed by atoms with Crippen LogP contribution in [0.4, 0.5) is 0 Å². The van der Waals surface area contributed by atoms with Gasteiger partial charge in [-0.1, -0.05) is 111 Å². The Balaban J connectivity index is 1.26. The lowest BCUT2D eigenvalue weighted by Crippen LogP contribution is -1.97. The molecule has 0 spiro atoms. The SMILES string of the molecule is C=C/C=C(\C=C/C)n1c(C=C)c(C=C)c2cc(-c3ccc4oc5nc(-c6cccc7oc8ccccc8c67)nc(-c6ccccc6)c5c4c3)ccc21. The number of allylic oxidation sites excluding steroid dienone is 5. The van der Waals surface area contributed by atoms with Gasteiger partial charge in [-0.3, -0.25) is 0 Å². The summed E-state index contributed by atoms with van der Waals surface area (Å²) in [6.45, 7) is 14.3. The van der Waals surface area contributed by atoms with Gasteiger partial charge >= 0.3 is 0 Å². The summed E-state index contributed by atoms with van der Waals surface area (Å²) in [7, 11) is 0. The lowest BCUT2D eigenvalue weighted by molar-refractivity contribution is 0.653. The monoisotopic (exact) mass is 671 g/mol. The molecule has 248 valence electrons. The van der Waals surface area contributed by atoms with Crippen LogP contribution in [0, 0.1) is 0 Å². The zero-order valence-corrected chi connectivity index (χ0v) is 28.6. The van der Waals surface area contributed by atoms with Crippen molar-refractivity contribution in [2.24, 2.45) is 0 Å². The summed E-state index contributed by atoms with van der Waals surface area (Å²) in [6, 6.07) is 37.2. The van der Waals surface area contributed by atoms with Gasteiger partial charge in [0.15, 0.2) is 5.82 Å². The molecule has 0 atom stereocenters. The van der Waals surface area contributed by atoms with E-state index in [4.69, 9.17) is 18.8 Å². The standard InChI is InChI=1S/C47H33N3O2/c1-5-15-32(16-6-2)50-38(8-4)33(7-3)36-27-30(23-25-39(36)50)31-24-26-41-37(28-31)44-45(29-17-10-9-11-18-29)48-46(49-47(44)52-41)35-20-14-22-42-43(35)34-19-12-13-21-40(34)51-42/h5-28H,1,3-4H2,2H3/b16-6-,32-15+. The number of hydrogen-bond donors (Lipinski definition) is 0. The third-order valence-electron chi connectivity index (χ3n) is 9.68. The minimum absolute atomic E-state index is 0.531. The van der Waals surface area contributed by atoms with E-state index in [0.29, 0.717) is 11.5 Å². The average molecular weight is 672 g/mol. The Morgan fingerprint density at radius 3 is 2.19 bits per heavy atom. The number of furan rings is 2. The highest BCUT2D eigenvalue weighted by Gasteiger charge is 2.22. The van der Waals surface area contributed by atoms with Gasteiger partial charge in [0.1, 0.15) is 16.7 Å². The predicted octanol–water partition coefficient (Wildman–Crippen LogP) is 13.1. The maximum Gasteiger partial charge on any atom is 0.231 e. The molecule has 0 aliphatic rings. The fourth-order valence-electron chi connectivity index (χ4n) is 7.45. The Bertz CT molecular complexity index is 2970. The molecule has 0 amide bonds. The van der Waals surface area contributed by atoms with E-state index in [1.54, 1.807) is 6.08 Å². The van der Waals surface area contributed by atoms with Gasteiger partial charge < -0.3 is 13.4 Å². The van der Waals surface area contributed by atoms with Crippen molar-refractivity contribution < 1.29 is 8.83 Å². The molecule has 0 fully saturated rings. The first-order valence-electron chi connectivity index (χ1n) is 17.2. The lowest BCUT2D eigenvalue weighted by Gasteiger charge is -2.10. The molecule has 52 heavy (non-hydrogen) atoms. The van der Waals surface area contributed by atoms with Crippen LogP contribution in [0.2, 0.25) is 0 Å². The van der Waals surface area contributed by atoms with E-state index in [1.165, 1.54) is 0 Å². The van der Waals surface area contributed by atoms with E-state index in [1.807, 2.05) is 91.9 Å². The van der Waals surface area contributed by atoms with Crippen molar-refractivity contribution in [3.63, 3.8) is 0 Å². The van der Waals surface area contributed by atoms with Gasteiger partial charge in [0.05, 0.1) is 22.3 Å². The smallest absolute Gasteiger partial charge is 0.231 e. The summed E-state index contributed by atoms with van der Waals surface area (Å²) >= 11 is 0. The van der Waals surface area contributed by atoms with Crippen molar-refractivity contribution in [1.82, 2.24) is 14.5 Å². The normalized spacial score (nSPS) is 12.2. The molecule has 0 N–H and O–H groups in total. The molecule has 0 radical (unpaired) electrons.